The van der Waals surface area contributed by atoms with Crippen molar-refractivity contribution in [3.8, 4) is 0 Å². The Balaban J connectivity index is 1.57. The number of Topliss-reactive ketones (excluding diaryl/α,β-unsaturated/α-hetero) is 1. The fourth-order valence-corrected chi connectivity index (χ4v) is 4.34. The third kappa shape index (κ3) is 4.28. The molecule has 0 spiro atoms. The number of halogens is 1. The number of amides is 2. The maximum absolute atomic E-state index is 13.0. The largest absolute Gasteiger partial charge is 0.456 e. The van der Waals surface area contributed by atoms with Gasteiger partial charge in [0, 0.05) is 6.42 Å². The van der Waals surface area contributed by atoms with E-state index in [0.717, 1.165) is 21.8 Å². The van der Waals surface area contributed by atoms with Crippen molar-refractivity contribution in [2.45, 2.75) is 12.5 Å². The molecule has 156 valence electrons. The summed E-state index contributed by atoms with van der Waals surface area (Å²) in [5.74, 6) is -2.36. The van der Waals surface area contributed by atoms with Crippen molar-refractivity contribution in [3.05, 3.63) is 92.6 Å². The smallest absolute Gasteiger partial charge is 0.330 e. The standard InChI is InChI=1S/C23H16ClNO5S/c24-20-11-10-19(31-20)18(26)13-30-23(29)17(12-14-6-2-1-3-7-14)25-21(27)15-8-4-5-9-16(15)22(25)28/h1-11,17H,12-13H2. The molecule has 6 nitrogen and oxygen atoms in total. The van der Waals surface area contributed by atoms with Gasteiger partial charge in [-0.2, -0.15) is 0 Å². The van der Waals surface area contributed by atoms with Crippen LogP contribution in [0.2, 0.25) is 4.34 Å². The lowest BCUT2D eigenvalue weighted by atomic mass is 10.0. The normalized spacial score (nSPS) is 13.8. The molecule has 31 heavy (non-hydrogen) atoms. The minimum absolute atomic E-state index is 0.0736. The van der Waals surface area contributed by atoms with Gasteiger partial charge in [-0.3, -0.25) is 19.3 Å². The van der Waals surface area contributed by atoms with E-state index in [4.69, 9.17) is 16.3 Å². The highest BCUT2D eigenvalue weighted by molar-refractivity contribution is 7.18. The first-order valence-electron chi connectivity index (χ1n) is 9.41. The molecular weight excluding hydrogens is 438 g/mol. The van der Waals surface area contributed by atoms with Crippen LogP contribution >= 0.6 is 22.9 Å². The fraction of sp³-hybridized carbons (Fsp3) is 0.130. The number of esters is 1. The monoisotopic (exact) mass is 453 g/mol. The zero-order valence-electron chi connectivity index (χ0n) is 16.1. The van der Waals surface area contributed by atoms with E-state index in [1.807, 2.05) is 6.07 Å². The summed E-state index contributed by atoms with van der Waals surface area (Å²) in [7, 11) is 0. The summed E-state index contributed by atoms with van der Waals surface area (Å²) < 4.78 is 5.69. The molecule has 1 atom stereocenters. The van der Waals surface area contributed by atoms with Crippen molar-refractivity contribution >= 4 is 46.5 Å². The molecule has 0 N–H and O–H groups in total. The predicted octanol–water partition coefficient (Wildman–Crippen LogP) is 4.03. The van der Waals surface area contributed by atoms with Crippen LogP contribution in [0, 0.1) is 0 Å². The number of thiophene rings is 1. The number of ketones is 1. The number of imide groups is 1. The molecule has 1 aromatic heterocycles. The lowest BCUT2D eigenvalue weighted by Crippen LogP contribution is -2.47. The SMILES string of the molecule is O=C(COC(=O)C(Cc1ccccc1)N1C(=O)c2ccccc2C1=O)c1ccc(Cl)s1. The molecule has 0 saturated heterocycles. The minimum atomic E-state index is -1.20. The Hall–Kier alpha value is -3.29. The van der Waals surface area contributed by atoms with Crippen LogP contribution in [0.4, 0.5) is 0 Å². The van der Waals surface area contributed by atoms with Gasteiger partial charge in [-0.05, 0) is 29.8 Å². The Morgan fingerprint density at radius 3 is 2.10 bits per heavy atom. The van der Waals surface area contributed by atoms with Crippen LogP contribution < -0.4 is 0 Å². The molecule has 0 saturated carbocycles. The van der Waals surface area contributed by atoms with Crippen LogP contribution in [0.1, 0.15) is 36.0 Å². The van der Waals surface area contributed by atoms with Gasteiger partial charge < -0.3 is 4.74 Å². The molecule has 1 unspecified atom stereocenters. The van der Waals surface area contributed by atoms with Gasteiger partial charge in [0.1, 0.15) is 6.04 Å². The van der Waals surface area contributed by atoms with Crippen LogP contribution in [0.3, 0.4) is 0 Å². The highest BCUT2D eigenvalue weighted by Gasteiger charge is 2.43. The van der Waals surface area contributed by atoms with E-state index in [1.165, 1.54) is 0 Å². The van der Waals surface area contributed by atoms with Gasteiger partial charge in [0.15, 0.2) is 6.61 Å². The van der Waals surface area contributed by atoms with E-state index < -0.39 is 36.2 Å². The average Bonchev–Trinajstić information content (AvgIpc) is 3.33. The van der Waals surface area contributed by atoms with Crippen LogP contribution in [0.5, 0.6) is 0 Å². The van der Waals surface area contributed by atoms with E-state index in [9.17, 15) is 19.2 Å². The van der Waals surface area contributed by atoms with E-state index in [0.29, 0.717) is 9.21 Å². The van der Waals surface area contributed by atoms with Gasteiger partial charge in [-0.25, -0.2) is 4.79 Å². The fourth-order valence-electron chi connectivity index (χ4n) is 3.38. The quantitative estimate of drug-likeness (QED) is 0.306. The predicted molar refractivity (Wildman–Crippen MR) is 115 cm³/mol. The summed E-state index contributed by atoms with van der Waals surface area (Å²) in [6.45, 7) is -0.510. The number of carbonyl (C=O) groups is 4. The van der Waals surface area contributed by atoms with E-state index in [2.05, 4.69) is 0 Å². The molecule has 3 aromatic rings. The van der Waals surface area contributed by atoms with Gasteiger partial charge in [-0.1, -0.05) is 54.1 Å². The molecule has 2 heterocycles. The van der Waals surface area contributed by atoms with Gasteiger partial charge in [0.05, 0.1) is 20.3 Å². The van der Waals surface area contributed by atoms with Crippen LogP contribution in [-0.4, -0.2) is 41.1 Å². The van der Waals surface area contributed by atoms with Crippen molar-refractivity contribution in [2.24, 2.45) is 0 Å². The Labute approximate surface area is 187 Å². The van der Waals surface area contributed by atoms with Crippen molar-refractivity contribution in [2.75, 3.05) is 6.61 Å². The summed E-state index contributed by atoms with van der Waals surface area (Å²) in [5, 5.41) is 0. The number of carbonyl (C=O) groups excluding carboxylic acids is 4. The number of hydrogen-bond acceptors (Lipinski definition) is 6. The number of hydrogen-bond donors (Lipinski definition) is 0. The second-order valence-corrected chi connectivity index (χ2v) is 8.58. The number of fused-ring (bicyclic) bond motifs is 1. The van der Waals surface area contributed by atoms with Crippen LogP contribution in [-0.2, 0) is 16.0 Å². The number of rotatable bonds is 7. The second-order valence-electron chi connectivity index (χ2n) is 6.87. The number of nitrogens with zero attached hydrogens (tertiary/aromatic N) is 1. The molecule has 4 rings (SSSR count). The molecule has 1 aliphatic rings. The van der Waals surface area contributed by atoms with E-state index in [1.54, 1.807) is 60.7 Å². The summed E-state index contributed by atoms with van der Waals surface area (Å²) >= 11 is 6.93. The molecule has 0 radical (unpaired) electrons. The third-order valence-electron chi connectivity index (χ3n) is 4.87. The second kappa shape index (κ2) is 8.83. The first-order chi connectivity index (χ1) is 15.0. The summed E-state index contributed by atoms with van der Waals surface area (Å²) in [4.78, 5) is 52.4. The van der Waals surface area contributed by atoms with Crippen molar-refractivity contribution in [1.82, 2.24) is 4.90 Å². The van der Waals surface area contributed by atoms with E-state index >= 15 is 0 Å². The number of ether oxygens (including phenoxy) is 1. The van der Waals surface area contributed by atoms with Crippen LogP contribution in [0.25, 0.3) is 0 Å². The van der Waals surface area contributed by atoms with Gasteiger partial charge in [0.2, 0.25) is 5.78 Å². The Morgan fingerprint density at radius 1 is 0.903 bits per heavy atom. The van der Waals surface area contributed by atoms with Crippen molar-refractivity contribution in [1.29, 1.82) is 0 Å². The summed E-state index contributed by atoms with van der Waals surface area (Å²) in [5.41, 5.74) is 1.22. The average molecular weight is 454 g/mol. The summed E-state index contributed by atoms with van der Waals surface area (Å²) in [6, 6.07) is 17.3. The molecule has 0 fully saturated rings. The third-order valence-corrected chi connectivity index (χ3v) is 6.15. The van der Waals surface area contributed by atoms with Crippen molar-refractivity contribution < 1.29 is 23.9 Å². The Morgan fingerprint density at radius 2 is 1.52 bits per heavy atom. The molecular formula is C23H16ClNO5S. The molecule has 0 bridgehead atoms. The topological polar surface area (TPSA) is 80.8 Å². The highest BCUT2D eigenvalue weighted by atomic mass is 35.5. The molecule has 2 amide bonds. The first-order valence-corrected chi connectivity index (χ1v) is 10.6. The molecule has 0 aliphatic carbocycles. The zero-order chi connectivity index (χ0) is 22.0. The molecule has 2 aromatic carbocycles. The van der Waals surface area contributed by atoms with Crippen molar-refractivity contribution in [3.63, 3.8) is 0 Å². The molecule has 8 heteroatoms. The van der Waals surface area contributed by atoms with Gasteiger partial charge >= 0.3 is 5.97 Å². The summed E-state index contributed by atoms with van der Waals surface area (Å²) in [6.07, 6.45) is 0.0736. The molecule has 1 aliphatic heterocycles. The lowest BCUT2D eigenvalue weighted by Gasteiger charge is -2.24. The maximum atomic E-state index is 13.0. The lowest BCUT2D eigenvalue weighted by molar-refractivity contribution is -0.147. The maximum Gasteiger partial charge on any atom is 0.330 e. The Kier molecular flexibility index (Phi) is 5.97. The van der Waals surface area contributed by atoms with Crippen LogP contribution in [0.15, 0.2) is 66.7 Å². The van der Waals surface area contributed by atoms with Gasteiger partial charge in [0.25, 0.3) is 11.8 Å². The minimum Gasteiger partial charge on any atom is -0.456 e. The first kappa shape index (κ1) is 21.0. The van der Waals surface area contributed by atoms with E-state index in [-0.39, 0.29) is 17.5 Å². The Bertz CT molecular complexity index is 1140. The number of benzene rings is 2. The van der Waals surface area contributed by atoms with Gasteiger partial charge in [-0.15, -0.1) is 11.3 Å². The highest BCUT2D eigenvalue weighted by Crippen LogP contribution is 2.27. The zero-order valence-corrected chi connectivity index (χ0v) is 17.7.